The number of amidine groups is 1. The van der Waals surface area contributed by atoms with Gasteiger partial charge in [-0.2, -0.15) is 0 Å². The van der Waals surface area contributed by atoms with Crippen molar-refractivity contribution < 1.29 is 13.9 Å². The van der Waals surface area contributed by atoms with E-state index in [4.69, 9.17) is 14.9 Å². The number of benzene rings is 1. The fraction of sp³-hybridized carbons (Fsp3) is 0.409. The lowest BCUT2D eigenvalue weighted by atomic mass is 10.2. The van der Waals surface area contributed by atoms with Gasteiger partial charge in [-0.1, -0.05) is 18.4 Å². The first-order valence-electron chi connectivity index (χ1n) is 9.11. The minimum absolute atomic E-state index is 0.104. The predicted octanol–water partition coefficient (Wildman–Crippen LogP) is 3.13. The number of likely N-dealkylation sites (N-methyl/N-ethyl adjacent to an activating group) is 1. The average Bonchev–Trinajstić information content (AvgIpc) is 2.69. The smallest absolute Gasteiger partial charge is 0.120 e. The van der Waals surface area contributed by atoms with Gasteiger partial charge in [0.25, 0.3) is 0 Å². The summed E-state index contributed by atoms with van der Waals surface area (Å²) in [7, 11) is 5.81. The zero-order valence-corrected chi connectivity index (χ0v) is 17.0. The van der Waals surface area contributed by atoms with Crippen molar-refractivity contribution in [3.05, 3.63) is 54.1 Å². The number of alkyl halides is 1. The fourth-order valence-corrected chi connectivity index (χ4v) is 2.04. The number of ether oxygens (including phenoxy) is 2. The van der Waals surface area contributed by atoms with E-state index >= 15 is 0 Å². The molecular weight excluding hydrogens is 357 g/mol. The predicted molar refractivity (Wildman–Crippen MR) is 114 cm³/mol. The molecule has 152 valence electrons. The number of rotatable bonds is 11. The summed E-state index contributed by atoms with van der Waals surface area (Å²) in [6.07, 6.45) is 3.39. The van der Waals surface area contributed by atoms with E-state index < -0.39 is 6.67 Å². The molecule has 0 atom stereocenters. The van der Waals surface area contributed by atoms with Gasteiger partial charge in [-0.15, -0.1) is 0 Å². The van der Waals surface area contributed by atoms with Crippen molar-refractivity contribution in [2.24, 2.45) is 0 Å². The summed E-state index contributed by atoms with van der Waals surface area (Å²) in [6.45, 7) is 5.36. The maximum atomic E-state index is 11.8. The summed E-state index contributed by atoms with van der Waals surface area (Å²) >= 11 is 0. The number of hydrogen-bond donors (Lipinski definition) is 1. The highest BCUT2D eigenvalue weighted by molar-refractivity contribution is 5.90. The molecular formula is C22H30FN3O2. The molecule has 1 rings (SSSR count). The standard InChI is InChI=1S/C22H30FN3O2/c1-19(5-7-20-8-10-21(11-9-20)25(2)3)6-12-22(24)26(4)14-16-28-18-17-27-15-13-23/h6,8-12,24H,1,13-18H2,2-4H3. The van der Waals surface area contributed by atoms with E-state index in [0.717, 1.165) is 11.3 Å². The second kappa shape index (κ2) is 13.5. The zero-order valence-electron chi connectivity index (χ0n) is 17.0. The molecule has 1 aromatic rings. The Morgan fingerprint density at radius 3 is 2.32 bits per heavy atom. The van der Waals surface area contributed by atoms with Gasteiger partial charge in [0.1, 0.15) is 12.5 Å². The van der Waals surface area contributed by atoms with Gasteiger partial charge < -0.3 is 19.3 Å². The Morgan fingerprint density at radius 2 is 1.71 bits per heavy atom. The van der Waals surface area contributed by atoms with Crippen LogP contribution in [0.15, 0.2) is 48.6 Å². The second-order valence-corrected chi connectivity index (χ2v) is 6.27. The third kappa shape index (κ3) is 9.91. The molecule has 0 aromatic heterocycles. The van der Waals surface area contributed by atoms with Crippen LogP contribution in [0.2, 0.25) is 0 Å². The summed E-state index contributed by atoms with van der Waals surface area (Å²) in [6, 6.07) is 7.97. The van der Waals surface area contributed by atoms with Crippen LogP contribution in [0.3, 0.4) is 0 Å². The molecule has 0 saturated carbocycles. The Hall–Kier alpha value is -2.62. The van der Waals surface area contributed by atoms with Gasteiger partial charge >= 0.3 is 0 Å². The Balaban J connectivity index is 2.35. The molecule has 0 aliphatic rings. The Labute approximate surface area is 167 Å². The molecule has 1 N–H and O–H groups in total. The Bertz CT molecular complexity index is 703. The van der Waals surface area contributed by atoms with Crippen molar-refractivity contribution in [1.82, 2.24) is 4.90 Å². The highest BCUT2D eigenvalue weighted by Gasteiger charge is 2.01. The molecule has 0 bridgehead atoms. The number of nitrogens with one attached hydrogen (secondary N) is 1. The first-order chi connectivity index (χ1) is 13.4. The quantitative estimate of drug-likeness (QED) is 0.208. The van der Waals surface area contributed by atoms with E-state index in [0.29, 0.717) is 37.8 Å². The Morgan fingerprint density at radius 1 is 1.07 bits per heavy atom. The van der Waals surface area contributed by atoms with E-state index in [1.807, 2.05) is 50.3 Å². The summed E-state index contributed by atoms with van der Waals surface area (Å²) in [5, 5.41) is 8.04. The lowest BCUT2D eigenvalue weighted by Gasteiger charge is -2.17. The first-order valence-corrected chi connectivity index (χ1v) is 9.11. The maximum absolute atomic E-state index is 11.8. The summed E-state index contributed by atoms with van der Waals surface area (Å²) in [5.74, 6) is 6.40. The van der Waals surface area contributed by atoms with Crippen molar-refractivity contribution in [3.63, 3.8) is 0 Å². The average molecular weight is 387 g/mol. The van der Waals surface area contributed by atoms with Crippen LogP contribution >= 0.6 is 0 Å². The lowest BCUT2D eigenvalue weighted by Crippen LogP contribution is -2.28. The third-order valence-electron chi connectivity index (χ3n) is 3.77. The maximum Gasteiger partial charge on any atom is 0.120 e. The molecule has 0 spiro atoms. The molecule has 0 aliphatic heterocycles. The molecule has 0 aliphatic carbocycles. The zero-order chi connectivity index (χ0) is 20.8. The van der Waals surface area contributed by atoms with Crippen LogP contribution in [0.5, 0.6) is 0 Å². The second-order valence-electron chi connectivity index (χ2n) is 6.27. The molecule has 6 heteroatoms. The van der Waals surface area contributed by atoms with Gasteiger partial charge in [-0.05, 0) is 36.4 Å². The molecule has 0 amide bonds. The van der Waals surface area contributed by atoms with Crippen LogP contribution in [-0.2, 0) is 9.47 Å². The SMILES string of the molecule is C=C(C#Cc1ccc(N(C)C)cc1)C=CC(=N)N(C)CCOCCOCCF. The van der Waals surface area contributed by atoms with Crippen LogP contribution in [0.25, 0.3) is 0 Å². The van der Waals surface area contributed by atoms with Crippen LogP contribution in [0.4, 0.5) is 10.1 Å². The van der Waals surface area contributed by atoms with Crippen LogP contribution in [-0.4, -0.2) is 71.5 Å². The van der Waals surface area contributed by atoms with Crippen molar-refractivity contribution in [1.29, 1.82) is 5.41 Å². The largest absolute Gasteiger partial charge is 0.378 e. The van der Waals surface area contributed by atoms with Crippen molar-refractivity contribution in [2.45, 2.75) is 0 Å². The molecule has 5 nitrogen and oxygen atoms in total. The number of nitrogens with zero attached hydrogens (tertiary/aromatic N) is 2. The third-order valence-corrected chi connectivity index (χ3v) is 3.77. The van der Waals surface area contributed by atoms with Crippen LogP contribution in [0.1, 0.15) is 5.56 Å². The van der Waals surface area contributed by atoms with Gasteiger partial charge in [0, 0.05) is 44.5 Å². The van der Waals surface area contributed by atoms with Crippen molar-refractivity contribution >= 4 is 11.5 Å². The molecule has 0 unspecified atom stereocenters. The fourth-order valence-electron chi connectivity index (χ4n) is 2.04. The van der Waals surface area contributed by atoms with Crippen molar-refractivity contribution in [3.8, 4) is 11.8 Å². The molecule has 28 heavy (non-hydrogen) atoms. The van der Waals surface area contributed by atoms with E-state index in [-0.39, 0.29) is 6.61 Å². The molecule has 0 radical (unpaired) electrons. The number of hydrogen-bond acceptors (Lipinski definition) is 4. The normalized spacial score (nSPS) is 10.4. The summed E-state index contributed by atoms with van der Waals surface area (Å²) < 4.78 is 22.2. The van der Waals surface area contributed by atoms with Gasteiger partial charge in [0.2, 0.25) is 0 Å². The lowest BCUT2D eigenvalue weighted by molar-refractivity contribution is 0.0403. The summed E-state index contributed by atoms with van der Waals surface area (Å²) in [4.78, 5) is 3.80. The number of anilines is 1. The Kier molecular flexibility index (Phi) is 11.3. The van der Waals surface area contributed by atoms with E-state index in [1.54, 1.807) is 17.1 Å². The topological polar surface area (TPSA) is 48.8 Å². The van der Waals surface area contributed by atoms with E-state index in [1.165, 1.54) is 0 Å². The minimum atomic E-state index is -0.482. The molecule has 1 aromatic carbocycles. The monoisotopic (exact) mass is 387 g/mol. The highest BCUT2D eigenvalue weighted by Crippen LogP contribution is 2.11. The van der Waals surface area contributed by atoms with Gasteiger partial charge in [0.05, 0.1) is 26.4 Å². The van der Waals surface area contributed by atoms with Crippen LogP contribution < -0.4 is 4.90 Å². The minimum Gasteiger partial charge on any atom is -0.378 e. The number of halogens is 1. The van der Waals surface area contributed by atoms with E-state index in [9.17, 15) is 4.39 Å². The highest BCUT2D eigenvalue weighted by atomic mass is 19.1. The number of allylic oxidation sites excluding steroid dienone is 2. The van der Waals surface area contributed by atoms with Gasteiger partial charge in [0.15, 0.2) is 0 Å². The summed E-state index contributed by atoms with van der Waals surface area (Å²) in [5.41, 5.74) is 2.67. The first kappa shape index (κ1) is 23.4. The molecule has 0 saturated heterocycles. The molecule has 0 heterocycles. The molecule has 0 fully saturated rings. The van der Waals surface area contributed by atoms with Crippen LogP contribution in [0, 0.1) is 17.3 Å². The van der Waals surface area contributed by atoms with E-state index in [2.05, 4.69) is 18.4 Å². The van der Waals surface area contributed by atoms with Gasteiger partial charge in [-0.3, -0.25) is 5.41 Å². The van der Waals surface area contributed by atoms with Gasteiger partial charge in [-0.25, -0.2) is 4.39 Å². The van der Waals surface area contributed by atoms with Crippen molar-refractivity contribution in [2.75, 3.05) is 65.7 Å².